The number of hydrogen-bond acceptors (Lipinski definition) is 4. The molecule has 1 unspecified atom stereocenters. The van der Waals surface area contributed by atoms with Gasteiger partial charge in [0, 0.05) is 50.1 Å². The molecule has 5 aromatic carbocycles. The molecule has 2 aliphatic heterocycles. The Bertz CT molecular complexity index is 2590. The molecule has 240 valence electrons. The van der Waals surface area contributed by atoms with Gasteiger partial charge in [-0.1, -0.05) is 115 Å². The second kappa shape index (κ2) is 11.6. The number of benzene rings is 5. The molecule has 2 aromatic heterocycles. The molecule has 0 amide bonds. The Hall–Kier alpha value is -6.40. The van der Waals surface area contributed by atoms with Gasteiger partial charge < -0.3 is 19.8 Å². The van der Waals surface area contributed by atoms with E-state index in [9.17, 15) is 0 Å². The van der Waals surface area contributed by atoms with E-state index in [1.165, 1.54) is 49.3 Å². The van der Waals surface area contributed by atoms with Crippen LogP contribution in [0.2, 0.25) is 0 Å². The highest BCUT2D eigenvalue weighted by Gasteiger charge is 2.25. The Morgan fingerprint density at radius 1 is 0.580 bits per heavy atom. The predicted octanol–water partition coefficient (Wildman–Crippen LogP) is 9.46. The summed E-state index contributed by atoms with van der Waals surface area (Å²) in [5, 5.41) is 12.3. The summed E-state index contributed by atoms with van der Waals surface area (Å²) in [4.78, 5) is 10.2. The number of allylic oxidation sites excluding steroid dienone is 4. The van der Waals surface area contributed by atoms with E-state index < -0.39 is 6.17 Å². The van der Waals surface area contributed by atoms with Gasteiger partial charge in [0.25, 0.3) is 0 Å². The minimum absolute atomic E-state index is 0.0953. The fourth-order valence-electron chi connectivity index (χ4n) is 7.70. The Labute approximate surface area is 289 Å². The first-order valence-electron chi connectivity index (χ1n) is 17.3. The first-order valence-corrected chi connectivity index (χ1v) is 17.3. The standard InChI is InChI=1S/C44H34N6/c1-4-14-29(15-5-1)42-46-43(30-16-6-2-7-17-30)48-44(47-42)31-24-25-41(45-28-31)50-38-23-13-11-21-34(38)36-26-35-33-20-10-12-22-37(33)49(39(35)27-40(36)50)32-18-8-3-9-19-32/h1-2,4-8,10-28,41,44-45H,3,9H2,(H,46,47,48). The van der Waals surface area contributed by atoms with Crippen molar-refractivity contribution in [3.63, 3.8) is 0 Å². The monoisotopic (exact) mass is 646 g/mol. The van der Waals surface area contributed by atoms with Crippen LogP contribution in [-0.4, -0.2) is 27.0 Å². The third kappa shape index (κ3) is 4.64. The van der Waals surface area contributed by atoms with Crippen LogP contribution in [0.5, 0.6) is 0 Å². The number of para-hydroxylation sites is 2. The minimum Gasteiger partial charge on any atom is -0.367 e. The average molecular weight is 647 g/mol. The van der Waals surface area contributed by atoms with E-state index in [0.29, 0.717) is 0 Å². The second-order valence-electron chi connectivity index (χ2n) is 13.0. The van der Waals surface area contributed by atoms with Crippen LogP contribution in [0.4, 0.5) is 0 Å². The van der Waals surface area contributed by atoms with Crippen LogP contribution in [0.1, 0.15) is 30.1 Å². The molecule has 0 radical (unpaired) electrons. The smallest absolute Gasteiger partial charge is 0.171 e. The molecule has 10 rings (SSSR count). The van der Waals surface area contributed by atoms with Crippen molar-refractivity contribution < 1.29 is 0 Å². The predicted molar refractivity (Wildman–Crippen MR) is 207 cm³/mol. The lowest BCUT2D eigenvalue weighted by molar-refractivity contribution is 0.569. The zero-order chi connectivity index (χ0) is 33.0. The molecule has 0 spiro atoms. The van der Waals surface area contributed by atoms with Crippen molar-refractivity contribution >= 4 is 61.0 Å². The lowest BCUT2D eigenvalue weighted by atomic mass is 10.1. The van der Waals surface area contributed by atoms with Crippen LogP contribution < -0.4 is 10.6 Å². The molecule has 3 aliphatic rings. The van der Waals surface area contributed by atoms with Crippen LogP contribution >= 0.6 is 0 Å². The molecular formula is C44H34N6. The number of nitrogens with zero attached hydrogens (tertiary/aromatic N) is 4. The Morgan fingerprint density at radius 2 is 1.22 bits per heavy atom. The quantitative estimate of drug-likeness (QED) is 0.196. The van der Waals surface area contributed by atoms with Crippen LogP contribution in [-0.2, 0) is 0 Å². The van der Waals surface area contributed by atoms with Gasteiger partial charge in [0.15, 0.2) is 6.17 Å². The topological polar surface area (TPSA) is 58.6 Å². The molecule has 6 heteroatoms. The van der Waals surface area contributed by atoms with Gasteiger partial charge in [-0.2, -0.15) is 0 Å². The zero-order valence-corrected chi connectivity index (χ0v) is 27.4. The van der Waals surface area contributed by atoms with Gasteiger partial charge in [-0.05, 0) is 49.3 Å². The maximum absolute atomic E-state index is 5.09. The summed E-state index contributed by atoms with van der Waals surface area (Å²) >= 11 is 0. The lowest BCUT2D eigenvalue weighted by Crippen LogP contribution is -2.38. The van der Waals surface area contributed by atoms with Crippen LogP contribution in [0.15, 0.2) is 173 Å². The van der Waals surface area contributed by atoms with E-state index in [4.69, 9.17) is 9.98 Å². The summed E-state index contributed by atoms with van der Waals surface area (Å²) in [7, 11) is 0. The van der Waals surface area contributed by atoms with Gasteiger partial charge in [-0.15, -0.1) is 0 Å². The number of aliphatic imine (C=N–C) groups is 2. The Balaban J connectivity index is 1.09. The maximum Gasteiger partial charge on any atom is 0.171 e. The van der Waals surface area contributed by atoms with E-state index in [2.05, 4.69) is 141 Å². The molecule has 1 aliphatic carbocycles. The first-order chi connectivity index (χ1) is 24.8. The highest BCUT2D eigenvalue weighted by Crippen LogP contribution is 2.40. The van der Waals surface area contributed by atoms with Gasteiger partial charge in [-0.3, -0.25) is 0 Å². The maximum atomic E-state index is 5.09. The number of dihydropyridines is 1. The molecule has 0 saturated heterocycles. The van der Waals surface area contributed by atoms with E-state index in [0.717, 1.165) is 41.2 Å². The molecule has 0 bridgehead atoms. The van der Waals surface area contributed by atoms with Gasteiger partial charge in [-0.25, -0.2) is 9.98 Å². The van der Waals surface area contributed by atoms with Gasteiger partial charge in [0.1, 0.15) is 17.8 Å². The SMILES string of the molecule is C1=CC(n2c3ccccc3c3cc4c5ccccc5n(C5C=CC(C6N=C(c7ccccc7)NC(c7ccccc7)=N6)=CN5)c4cc32)=CCC1. The first kappa shape index (κ1) is 28.6. The van der Waals surface area contributed by atoms with E-state index >= 15 is 0 Å². The minimum atomic E-state index is -0.392. The number of rotatable bonds is 5. The fourth-order valence-corrected chi connectivity index (χ4v) is 7.70. The summed E-state index contributed by atoms with van der Waals surface area (Å²) in [5.41, 5.74) is 9.14. The van der Waals surface area contributed by atoms with Gasteiger partial charge >= 0.3 is 0 Å². The van der Waals surface area contributed by atoms with Crippen LogP contribution in [0.25, 0.3) is 49.3 Å². The third-order valence-electron chi connectivity index (χ3n) is 10.0. The molecule has 2 N–H and O–H groups in total. The van der Waals surface area contributed by atoms with Crippen LogP contribution in [0.3, 0.4) is 0 Å². The van der Waals surface area contributed by atoms with Crippen molar-refractivity contribution in [1.82, 2.24) is 19.8 Å². The largest absolute Gasteiger partial charge is 0.367 e. The van der Waals surface area contributed by atoms with Crippen molar-refractivity contribution in [3.8, 4) is 0 Å². The molecule has 1 atom stereocenters. The summed E-state index contributed by atoms with van der Waals surface area (Å²) in [6.07, 6.45) is 15.1. The number of fused-ring (bicyclic) bond motifs is 6. The zero-order valence-electron chi connectivity index (χ0n) is 27.4. The number of amidine groups is 2. The molecule has 0 saturated carbocycles. The van der Waals surface area contributed by atoms with Crippen LogP contribution in [0, 0.1) is 0 Å². The van der Waals surface area contributed by atoms with E-state index in [-0.39, 0.29) is 6.17 Å². The fraction of sp³-hybridized carbons (Fsp3) is 0.0909. The molecule has 6 nitrogen and oxygen atoms in total. The summed E-state index contributed by atoms with van der Waals surface area (Å²) in [5.74, 6) is 1.62. The highest BCUT2D eigenvalue weighted by molar-refractivity contribution is 6.19. The molecular weight excluding hydrogens is 613 g/mol. The number of hydrogen-bond donors (Lipinski definition) is 2. The number of nitrogens with one attached hydrogen (secondary N) is 2. The van der Waals surface area contributed by atoms with E-state index in [1.54, 1.807) is 0 Å². The summed E-state index contributed by atoms with van der Waals surface area (Å²) < 4.78 is 4.87. The van der Waals surface area contributed by atoms with Crippen molar-refractivity contribution in [2.75, 3.05) is 0 Å². The molecule has 4 heterocycles. The van der Waals surface area contributed by atoms with Crippen molar-refractivity contribution in [1.29, 1.82) is 0 Å². The third-order valence-corrected chi connectivity index (χ3v) is 10.0. The molecule has 0 fully saturated rings. The van der Waals surface area contributed by atoms with Gasteiger partial charge in [0.05, 0.1) is 22.1 Å². The molecule has 7 aromatic rings. The highest BCUT2D eigenvalue weighted by atomic mass is 15.2. The van der Waals surface area contributed by atoms with E-state index in [1.807, 2.05) is 36.4 Å². The van der Waals surface area contributed by atoms with Gasteiger partial charge in [0.2, 0.25) is 0 Å². The molecule has 50 heavy (non-hydrogen) atoms. The van der Waals surface area contributed by atoms with Crippen molar-refractivity contribution in [2.24, 2.45) is 9.98 Å². The average Bonchev–Trinajstić information content (AvgIpc) is 3.70. The second-order valence-corrected chi connectivity index (χ2v) is 13.0. The lowest BCUT2D eigenvalue weighted by Gasteiger charge is -2.26. The summed E-state index contributed by atoms with van der Waals surface area (Å²) in [6, 6.07) is 42.8. The van der Waals surface area contributed by atoms with Crippen molar-refractivity contribution in [2.45, 2.75) is 25.2 Å². The normalized spacial score (nSPS) is 17.8. The number of aromatic nitrogens is 2. The summed E-state index contributed by atoms with van der Waals surface area (Å²) in [6.45, 7) is 0. The Kier molecular flexibility index (Phi) is 6.65. The Morgan fingerprint density at radius 3 is 1.88 bits per heavy atom. The van der Waals surface area contributed by atoms with Crippen molar-refractivity contribution in [3.05, 3.63) is 175 Å².